The van der Waals surface area contributed by atoms with E-state index in [9.17, 15) is 9.59 Å². The lowest BCUT2D eigenvalue weighted by Gasteiger charge is -2.27. The number of aryl methyl sites for hydroxylation is 1. The van der Waals surface area contributed by atoms with Gasteiger partial charge in [0, 0.05) is 44.0 Å². The molecule has 1 aromatic rings. The topological polar surface area (TPSA) is 45.5 Å². The van der Waals surface area contributed by atoms with E-state index in [4.69, 9.17) is 0 Å². The number of likely N-dealkylation sites (N-methyl/N-ethyl adjacent to an activating group) is 1. The number of amides is 1. The molecule has 1 unspecified atom stereocenters. The first-order chi connectivity index (χ1) is 8.99. The van der Waals surface area contributed by atoms with E-state index < -0.39 is 0 Å². The number of pyridine rings is 1. The Kier molecular flexibility index (Phi) is 4.04. The van der Waals surface area contributed by atoms with Gasteiger partial charge in [0.1, 0.15) is 0 Å². The lowest BCUT2D eigenvalue weighted by atomic mass is 10.2. The van der Waals surface area contributed by atoms with E-state index in [0.29, 0.717) is 5.56 Å². The summed E-state index contributed by atoms with van der Waals surface area (Å²) in [5, 5.41) is 0. The Morgan fingerprint density at radius 2 is 2.21 bits per heavy atom. The van der Waals surface area contributed by atoms with Gasteiger partial charge in [-0.15, -0.1) is 0 Å². The van der Waals surface area contributed by atoms with Gasteiger partial charge in [-0.25, -0.2) is 0 Å². The summed E-state index contributed by atoms with van der Waals surface area (Å²) >= 11 is 0. The maximum absolute atomic E-state index is 12.5. The van der Waals surface area contributed by atoms with Crippen LogP contribution in [0.3, 0.4) is 0 Å². The minimum atomic E-state index is -0.144. The molecule has 2 rings (SSSR count). The highest BCUT2D eigenvalue weighted by Gasteiger charge is 2.29. The van der Waals surface area contributed by atoms with Gasteiger partial charge in [0.15, 0.2) is 0 Å². The van der Waals surface area contributed by atoms with E-state index in [1.807, 2.05) is 19.0 Å². The van der Waals surface area contributed by atoms with Crippen LogP contribution in [0.2, 0.25) is 0 Å². The van der Waals surface area contributed by atoms with Crippen LogP contribution in [-0.2, 0) is 7.05 Å². The molecule has 2 heterocycles. The molecule has 1 amide bonds. The fraction of sp³-hybridized carbons (Fsp3) is 0.571. The van der Waals surface area contributed by atoms with E-state index in [2.05, 4.69) is 4.90 Å². The number of nitrogens with zero attached hydrogens (tertiary/aromatic N) is 3. The van der Waals surface area contributed by atoms with Crippen LogP contribution < -0.4 is 5.56 Å². The first kappa shape index (κ1) is 13.8. The average Bonchev–Trinajstić information content (AvgIpc) is 2.79. The van der Waals surface area contributed by atoms with E-state index in [0.717, 1.165) is 25.9 Å². The molecule has 19 heavy (non-hydrogen) atoms. The predicted octanol–water partition coefficient (Wildman–Crippen LogP) is 0.551. The second-order valence-corrected chi connectivity index (χ2v) is 5.42. The van der Waals surface area contributed by atoms with Gasteiger partial charge < -0.3 is 14.4 Å². The van der Waals surface area contributed by atoms with Crippen molar-refractivity contribution < 1.29 is 4.79 Å². The zero-order chi connectivity index (χ0) is 14.0. The van der Waals surface area contributed by atoms with Crippen LogP contribution in [0, 0.1) is 0 Å². The molecule has 0 aliphatic carbocycles. The summed E-state index contributed by atoms with van der Waals surface area (Å²) in [4.78, 5) is 28.1. The highest BCUT2D eigenvalue weighted by Crippen LogP contribution is 2.20. The quantitative estimate of drug-likeness (QED) is 0.800. The Bertz CT molecular complexity index is 522. The van der Waals surface area contributed by atoms with Crippen molar-refractivity contribution in [1.29, 1.82) is 0 Å². The molecule has 1 aliphatic rings. The van der Waals surface area contributed by atoms with Crippen LogP contribution in [-0.4, -0.2) is 53.5 Å². The van der Waals surface area contributed by atoms with Crippen LogP contribution >= 0.6 is 0 Å². The highest BCUT2D eigenvalue weighted by molar-refractivity contribution is 5.94. The third-order valence-electron chi connectivity index (χ3n) is 3.57. The normalized spacial score (nSPS) is 19.2. The number of rotatable bonds is 3. The second kappa shape index (κ2) is 5.57. The van der Waals surface area contributed by atoms with Gasteiger partial charge in [-0.05, 0) is 33.0 Å². The molecular formula is C14H21N3O2. The Morgan fingerprint density at radius 3 is 2.84 bits per heavy atom. The van der Waals surface area contributed by atoms with Crippen molar-refractivity contribution in [2.75, 3.05) is 27.2 Å². The van der Waals surface area contributed by atoms with E-state index in [1.165, 1.54) is 10.6 Å². The molecule has 1 fully saturated rings. The first-order valence-electron chi connectivity index (χ1n) is 6.61. The number of carbonyl (C=O) groups is 1. The van der Waals surface area contributed by atoms with E-state index >= 15 is 0 Å². The average molecular weight is 263 g/mol. The SMILES string of the molecule is CN(C)CC1CCCN1C(=O)c1ccn(C)c(=O)c1. The lowest BCUT2D eigenvalue weighted by Crippen LogP contribution is -2.41. The third-order valence-corrected chi connectivity index (χ3v) is 3.57. The summed E-state index contributed by atoms with van der Waals surface area (Å²) in [6, 6.07) is 3.40. The van der Waals surface area contributed by atoms with Crippen LogP contribution in [0.1, 0.15) is 23.2 Å². The van der Waals surface area contributed by atoms with E-state index in [-0.39, 0.29) is 17.5 Å². The van der Waals surface area contributed by atoms with Crippen LogP contribution in [0.15, 0.2) is 23.1 Å². The molecule has 1 saturated heterocycles. The Hall–Kier alpha value is -1.62. The zero-order valence-electron chi connectivity index (χ0n) is 11.8. The molecule has 0 aromatic carbocycles. The Morgan fingerprint density at radius 1 is 1.47 bits per heavy atom. The number of carbonyl (C=O) groups excluding carboxylic acids is 1. The molecule has 5 nitrogen and oxygen atoms in total. The van der Waals surface area contributed by atoms with E-state index in [1.54, 1.807) is 19.3 Å². The smallest absolute Gasteiger partial charge is 0.254 e. The maximum Gasteiger partial charge on any atom is 0.254 e. The highest BCUT2D eigenvalue weighted by atomic mass is 16.2. The third kappa shape index (κ3) is 3.04. The molecule has 5 heteroatoms. The first-order valence-corrected chi connectivity index (χ1v) is 6.61. The number of likely N-dealkylation sites (tertiary alicyclic amines) is 1. The molecule has 1 atom stereocenters. The van der Waals surface area contributed by atoms with Crippen molar-refractivity contribution >= 4 is 5.91 Å². The summed E-state index contributed by atoms with van der Waals surface area (Å²) in [5.41, 5.74) is 0.350. The minimum Gasteiger partial charge on any atom is -0.334 e. The number of hydrogen-bond acceptors (Lipinski definition) is 3. The molecular weight excluding hydrogens is 242 g/mol. The fourth-order valence-electron chi connectivity index (χ4n) is 2.56. The van der Waals surface area contributed by atoms with Crippen molar-refractivity contribution in [3.63, 3.8) is 0 Å². The van der Waals surface area contributed by atoms with Gasteiger partial charge in [-0.2, -0.15) is 0 Å². The van der Waals surface area contributed by atoms with Crippen LogP contribution in [0.4, 0.5) is 0 Å². The Balaban J connectivity index is 2.18. The summed E-state index contributed by atoms with van der Waals surface area (Å²) in [6.07, 6.45) is 3.72. The van der Waals surface area contributed by atoms with Crippen LogP contribution in [0.25, 0.3) is 0 Å². The lowest BCUT2D eigenvalue weighted by molar-refractivity contribution is 0.0716. The molecule has 1 aliphatic heterocycles. The van der Waals surface area contributed by atoms with Crippen LogP contribution in [0.5, 0.6) is 0 Å². The van der Waals surface area contributed by atoms with Gasteiger partial charge in [0.25, 0.3) is 11.5 Å². The van der Waals surface area contributed by atoms with Gasteiger partial charge in [0.2, 0.25) is 0 Å². The van der Waals surface area contributed by atoms with Gasteiger partial charge >= 0.3 is 0 Å². The summed E-state index contributed by atoms with van der Waals surface area (Å²) in [7, 11) is 5.71. The summed E-state index contributed by atoms with van der Waals surface area (Å²) < 4.78 is 1.47. The van der Waals surface area contributed by atoms with Gasteiger partial charge in [-0.1, -0.05) is 0 Å². The molecule has 0 bridgehead atoms. The van der Waals surface area contributed by atoms with Crippen molar-refractivity contribution in [3.05, 3.63) is 34.2 Å². The summed E-state index contributed by atoms with van der Waals surface area (Å²) in [6.45, 7) is 1.66. The van der Waals surface area contributed by atoms with Crippen molar-refractivity contribution in [1.82, 2.24) is 14.4 Å². The fourth-order valence-corrected chi connectivity index (χ4v) is 2.56. The number of aromatic nitrogens is 1. The van der Waals surface area contributed by atoms with Crippen molar-refractivity contribution in [2.45, 2.75) is 18.9 Å². The molecule has 1 aromatic heterocycles. The molecule has 0 spiro atoms. The second-order valence-electron chi connectivity index (χ2n) is 5.42. The van der Waals surface area contributed by atoms with Gasteiger partial charge in [-0.3, -0.25) is 9.59 Å². The Labute approximate surface area is 113 Å². The molecule has 104 valence electrons. The minimum absolute atomic E-state index is 0.0259. The standard InChI is InChI=1S/C14H21N3O2/c1-15(2)10-12-5-4-7-17(12)14(19)11-6-8-16(3)13(18)9-11/h6,8-9,12H,4-5,7,10H2,1-3H3. The summed E-state index contributed by atoms with van der Waals surface area (Å²) in [5.74, 6) is -0.0259. The number of hydrogen-bond donors (Lipinski definition) is 0. The maximum atomic E-state index is 12.5. The zero-order valence-corrected chi connectivity index (χ0v) is 11.8. The van der Waals surface area contributed by atoms with Crippen molar-refractivity contribution in [3.8, 4) is 0 Å². The largest absolute Gasteiger partial charge is 0.334 e. The van der Waals surface area contributed by atoms with Gasteiger partial charge in [0.05, 0.1) is 0 Å². The molecule has 0 N–H and O–H groups in total. The molecule has 0 saturated carbocycles. The molecule has 0 radical (unpaired) electrons. The monoisotopic (exact) mass is 263 g/mol. The van der Waals surface area contributed by atoms with Crippen molar-refractivity contribution in [2.24, 2.45) is 7.05 Å². The predicted molar refractivity (Wildman–Crippen MR) is 74.3 cm³/mol.